The minimum atomic E-state index is -3.18. The molecule has 1 heterocycles. The van der Waals surface area contributed by atoms with Crippen molar-refractivity contribution in [1.29, 1.82) is 0 Å². The van der Waals surface area contributed by atoms with E-state index in [4.69, 9.17) is 4.74 Å². The Bertz CT molecular complexity index is 500. The van der Waals surface area contributed by atoms with E-state index >= 15 is 0 Å². The van der Waals surface area contributed by atoms with E-state index in [1.54, 1.807) is 26.8 Å². The first-order valence-corrected chi connectivity index (χ1v) is 7.18. The summed E-state index contributed by atoms with van der Waals surface area (Å²) >= 11 is 0. The molecule has 0 aliphatic heterocycles. The van der Waals surface area contributed by atoms with Crippen LogP contribution in [0, 0.1) is 0 Å². The van der Waals surface area contributed by atoms with Crippen LogP contribution in [0.15, 0.2) is 18.3 Å². The lowest BCUT2D eigenvalue weighted by molar-refractivity contribution is 0.111. The zero-order valence-electron chi connectivity index (χ0n) is 10.7. The average Bonchev–Trinajstić information content (AvgIpc) is 2.28. The van der Waals surface area contributed by atoms with E-state index in [9.17, 15) is 13.2 Å². The summed E-state index contributed by atoms with van der Waals surface area (Å²) in [6, 6.07) is 3.10. The maximum Gasteiger partial charge on any atom is 0.168 e. The molecule has 0 amide bonds. The Morgan fingerprint density at radius 2 is 2.00 bits per heavy atom. The predicted octanol–water partition coefficient (Wildman–Crippen LogP) is 1.49. The fourth-order valence-electron chi connectivity index (χ4n) is 1.12. The number of hydrogen-bond acceptors (Lipinski definition) is 5. The van der Waals surface area contributed by atoms with Crippen LogP contribution < -0.4 is 4.74 Å². The zero-order chi connectivity index (χ0) is 13.8. The first kappa shape index (κ1) is 14.6. The molecule has 1 rings (SSSR count). The van der Waals surface area contributed by atoms with Gasteiger partial charge in [-0.2, -0.15) is 0 Å². The van der Waals surface area contributed by atoms with Crippen molar-refractivity contribution in [3.63, 3.8) is 0 Å². The molecule has 18 heavy (non-hydrogen) atoms. The highest BCUT2D eigenvalue weighted by molar-refractivity contribution is 7.92. The number of aldehydes is 1. The molecule has 0 aliphatic rings. The van der Waals surface area contributed by atoms with Crippen LogP contribution in [0.4, 0.5) is 0 Å². The topological polar surface area (TPSA) is 73.3 Å². The molecule has 0 aromatic carbocycles. The van der Waals surface area contributed by atoms with E-state index in [1.807, 2.05) is 0 Å². The van der Waals surface area contributed by atoms with Crippen molar-refractivity contribution in [2.75, 3.05) is 12.4 Å². The molecule has 5 nitrogen and oxygen atoms in total. The van der Waals surface area contributed by atoms with Crippen molar-refractivity contribution >= 4 is 16.1 Å². The largest absolute Gasteiger partial charge is 0.491 e. The molecule has 0 bridgehead atoms. The van der Waals surface area contributed by atoms with E-state index in [1.165, 1.54) is 12.3 Å². The van der Waals surface area contributed by atoms with E-state index in [0.29, 0.717) is 17.7 Å². The molecule has 0 unspecified atom stereocenters. The van der Waals surface area contributed by atoms with Crippen molar-refractivity contribution in [1.82, 2.24) is 4.98 Å². The van der Waals surface area contributed by atoms with E-state index < -0.39 is 14.6 Å². The van der Waals surface area contributed by atoms with Crippen LogP contribution in [-0.4, -0.2) is 36.8 Å². The standard InChI is InChI=1S/C12H17NO4S/c1-12(2,3)18(15,16)7-6-17-11-5-4-10(9-14)13-8-11/h4-5,8-9H,6-7H2,1-3H3. The number of rotatable bonds is 5. The quantitative estimate of drug-likeness (QED) is 0.758. The summed E-state index contributed by atoms with van der Waals surface area (Å²) in [6.45, 7) is 5.04. The van der Waals surface area contributed by atoms with Gasteiger partial charge in [0.15, 0.2) is 16.1 Å². The van der Waals surface area contributed by atoms with Crippen LogP contribution in [0.3, 0.4) is 0 Å². The van der Waals surface area contributed by atoms with Gasteiger partial charge in [-0.15, -0.1) is 0 Å². The number of sulfone groups is 1. The van der Waals surface area contributed by atoms with Crippen molar-refractivity contribution in [2.24, 2.45) is 0 Å². The van der Waals surface area contributed by atoms with Crippen molar-refractivity contribution < 1.29 is 17.9 Å². The van der Waals surface area contributed by atoms with E-state index in [-0.39, 0.29) is 12.4 Å². The Labute approximate surface area is 107 Å². The molecule has 0 saturated carbocycles. The van der Waals surface area contributed by atoms with Crippen LogP contribution in [-0.2, 0) is 9.84 Å². The molecule has 0 radical (unpaired) electrons. The number of nitrogens with zero attached hydrogens (tertiary/aromatic N) is 1. The zero-order valence-corrected chi connectivity index (χ0v) is 11.5. The number of carbonyl (C=O) groups excluding carboxylic acids is 1. The molecular formula is C12H17NO4S. The van der Waals surface area contributed by atoms with Gasteiger partial charge in [0, 0.05) is 0 Å². The van der Waals surface area contributed by atoms with Crippen molar-refractivity contribution in [3.8, 4) is 5.75 Å². The van der Waals surface area contributed by atoms with Gasteiger partial charge in [-0.05, 0) is 32.9 Å². The summed E-state index contributed by atoms with van der Waals surface area (Å²) in [6.07, 6.45) is 2.03. The molecule has 1 aromatic rings. The highest BCUT2D eigenvalue weighted by Crippen LogP contribution is 2.16. The molecule has 0 fully saturated rings. The smallest absolute Gasteiger partial charge is 0.168 e. The predicted molar refractivity (Wildman–Crippen MR) is 68.7 cm³/mol. The highest BCUT2D eigenvalue weighted by atomic mass is 32.2. The number of carbonyl (C=O) groups is 1. The third-order valence-electron chi connectivity index (χ3n) is 2.43. The van der Waals surface area contributed by atoms with Gasteiger partial charge in [-0.25, -0.2) is 13.4 Å². The second kappa shape index (κ2) is 5.48. The Morgan fingerprint density at radius 3 is 2.44 bits per heavy atom. The van der Waals surface area contributed by atoms with Gasteiger partial charge in [0.25, 0.3) is 0 Å². The molecular weight excluding hydrogens is 254 g/mol. The van der Waals surface area contributed by atoms with E-state index in [0.717, 1.165) is 0 Å². The normalized spacial score (nSPS) is 12.2. The van der Waals surface area contributed by atoms with Crippen LogP contribution in [0.2, 0.25) is 0 Å². The first-order valence-electron chi connectivity index (χ1n) is 5.52. The second-order valence-corrected chi connectivity index (χ2v) is 7.68. The number of hydrogen-bond donors (Lipinski definition) is 0. The molecule has 0 aliphatic carbocycles. The molecule has 1 aromatic heterocycles. The summed E-state index contributed by atoms with van der Waals surface area (Å²) in [4.78, 5) is 14.2. The second-order valence-electron chi connectivity index (χ2n) is 4.82. The SMILES string of the molecule is CC(C)(C)S(=O)(=O)CCOc1ccc(C=O)nc1. The van der Waals surface area contributed by atoms with Gasteiger partial charge >= 0.3 is 0 Å². The van der Waals surface area contributed by atoms with Crippen LogP contribution >= 0.6 is 0 Å². The van der Waals surface area contributed by atoms with Crippen LogP contribution in [0.25, 0.3) is 0 Å². The Morgan fingerprint density at radius 1 is 1.33 bits per heavy atom. The summed E-state index contributed by atoms with van der Waals surface area (Å²) in [5.41, 5.74) is 0.310. The maximum atomic E-state index is 11.8. The number of aromatic nitrogens is 1. The van der Waals surface area contributed by atoms with Crippen molar-refractivity contribution in [2.45, 2.75) is 25.5 Å². The molecule has 6 heteroatoms. The summed E-state index contributed by atoms with van der Waals surface area (Å²) in [5.74, 6) is 0.399. The highest BCUT2D eigenvalue weighted by Gasteiger charge is 2.28. The van der Waals surface area contributed by atoms with Gasteiger partial charge in [0.1, 0.15) is 18.1 Å². The molecule has 0 spiro atoms. The number of pyridine rings is 1. The molecule has 0 atom stereocenters. The minimum Gasteiger partial charge on any atom is -0.491 e. The van der Waals surface area contributed by atoms with Gasteiger partial charge < -0.3 is 4.74 Å². The van der Waals surface area contributed by atoms with Crippen LogP contribution in [0.1, 0.15) is 31.3 Å². The van der Waals surface area contributed by atoms with Gasteiger partial charge in [-0.3, -0.25) is 4.79 Å². The minimum absolute atomic E-state index is 0.0497. The molecule has 100 valence electrons. The summed E-state index contributed by atoms with van der Waals surface area (Å²) in [5, 5.41) is 0. The summed E-state index contributed by atoms with van der Waals surface area (Å²) in [7, 11) is -3.18. The van der Waals surface area contributed by atoms with Crippen molar-refractivity contribution in [3.05, 3.63) is 24.0 Å². The Balaban J connectivity index is 2.54. The Kier molecular flexibility index (Phi) is 4.45. The molecule has 0 saturated heterocycles. The fraction of sp³-hybridized carbons (Fsp3) is 0.500. The lowest BCUT2D eigenvalue weighted by Gasteiger charge is -2.19. The maximum absolute atomic E-state index is 11.8. The summed E-state index contributed by atoms with van der Waals surface area (Å²) < 4.78 is 28.1. The fourth-order valence-corrected chi connectivity index (χ4v) is 2.04. The average molecular weight is 271 g/mol. The van der Waals surface area contributed by atoms with Gasteiger partial charge in [0.2, 0.25) is 0 Å². The lowest BCUT2D eigenvalue weighted by Crippen LogP contribution is -2.32. The molecule has 0 N–H and O–H groups in total. The number of ether oxygens (including phenoxy) is 1. The van der Waals surface area contributed by atoms with Crippen LogP contribution in [0.5, 0.6) is 5.75 Å². The Hall–Kier alpha value is -1.43. The third-order valence-corrected chi connectivity index (χ3v) is 5.00. The lowest BCUT2D eigenvalue weighted by atomic mass is 10.3. The van der Waals surface area contributed by atoms with E-state index in [2.05, 4.69) is 4.98 Å². The van der Waals surface area contributed by atoms with Gasteiger partial charge in [0.05, 0.1) is 16.7 Å². The van der Waals surface area contributed by atoms with Gasteiger partial charge in [-0.1, -0.05) is 0 Å². The monoisotopic (exact) mass is 271 g/mol. The first-order chi connectivity index (χ1) is 8.26. The third kappa shape index (κ3) is 3.80.